The van der Waals surface area contributed by atoms with Crippen molar-refractivity contribution in [2.24, 2.45) is 0 Å². The lowest BCUT2D eigenvalue weighted by Crippen LogP contribution is -2.03. The lowest BCUT2D eigenvalue weighted by Gasteiger charge is -2.10. The fourth-order valence-electron chi connectivity index (χ4n) is 1.60. The molecule has 0 bridgehead atoms. The standard InChI is InChI=1S/C14H15FN2O/c1-9-4-3-5-17-13(9)8-18-14-6-10(2)12(16)7-11(14)15/h3-7H,8,16H2,1-2H3. The zero-order valence-corrected chi connectivity index (χ0v) is 10.4. The van der Waals surface area contributed by atoms with E-state index in [1.807, 2.05) is 26.0 Å². The molecule has 0 aliphatic heterocycles. The summed E-state index contributed by atoms with van der Waals surface area (Å²) >= 11 is 0. The molecule has 0 saturated heterocycles. The predicted molar refractivity (Wildman–Crippen MR) is 68.9 cm³/mol. The summed E-state index contributed by atoms with van der Waals surface area (Å²) < 4.78 is 19.1. The Hall–Kier alpha value is -2.10. The average molecular weight is 246 g/mol. The van der Waals surface area contributed by atoms with Crippen LogP contribution in [0, 0.1) is 19.7 Å². The molecule has 0 radical (unpaired) electrons. The van der Waals surface area contributed by atoms with E-state index >= 15 is 0 Å². The second-order valence-corrected chi connectivity index (χ2v) is 4.19. The van der Waals surface area contributed by atoms with E-state index in [-0.39, 0.29) is 12.4 Å². The number of pyridine rings is 1. The molecule has 3 nitrogen and oxygen atoms in total. The number of ether oxygens (including phenoxy) is 1. The summed E-state index contributed by atoms with van der Waals surface area (Å²) in [5, 5.41) is 0. The second kappa shape index (κ2) is 5.04. The summed E-state index contributed by atoms with van der Waals surface area (Å²) in [4.78, 5) is 4.19. The van der Waals surface area contributed by atoms with Crippen LogP contribution in [0.1, 0.15) is 16.8 Å². The minimum absolute atomic E-state index is 0.201. The zero-order chi connectivity index (χ0) is 13.1. The minimum atomic E-state index is -0.452. The summed E-state index contributed by atoms with van der Waals surface area (Å²) in [5.41, 5.74) is 8.65. The van der Waals surface area contributed by atoms with Gasteiger partial charge in [0.25, 0.3) is 0 Å². The van der Waals surface area contributed by atoms with Gasteiger partial charge in [0.2, 0.25) is 0 Å². The number of hydrogen-bond donors (Lipinski definition) is 1. The number of nitrogen functional groups attached to an aromatic ring is 1. The van der Waals surface area contributed by atoms with Crippen LogP contribution in [-0.2, 0) is 6.61 Å². The van der Waals surface area contributed by atoms with Crippen molar-refractivity contribution < 1.29 is 9.13 Å². The van der Waals surface area contributed by atoms with E-state index in [0.717, 1.165) is 16.8 Å². The molecule has 0 spiro atoms. The fraction of sp³-hybridized carbons (Fsp3) is 0.214. The molecule has 1 aromatic carbocycles. The molecule has 0 atom stereocenters. The van der Waals surface area contributed by atoms with E-state index in [9.17, 15) is 4.39 Å². The topological polar surface area (TPSA) is 48.1 Å². The zero-order valence-electron chi connectivity index (χ0n) is 10.4. The lowest BCUT2D eigenvalue weighted by atomic mass is 10.2. The molecule has 1 heterocycles. The average Bonchev–Trinajstić information content (AvgIpc) is 2.34. The van der Waals surface area contributed by atoms with Crippen molar-refractivity contribution in [3.05, 3.63) is 53.1 Å². The van der Waals surface area contributed by atoms with E-state index < -0.39 is 5.82 Å². The maximum Gasteiger partial charge on any atom is 0.167 e. The Morgan fingerprint density at radius 3 is 2.78 bits per heavy atom. The SMILES string of the molecule is Cc1cc(OCc2ncccc2C)c(F)cc1N. The van der Waals surface area contributed by atoms with Crippen LogP contribution < -0.4 is 10.5 Å². The third-order valence-corrected chi connectivity index (χ3v) is 2.80. The van der Waals surface area contributed by atoms with E-state index in [0.29, 0.717) is 5.69 Å². The lowest BCUT2D eigenvalue weighted by molar-refractivity contribution is 0.285. The first-order valence-electron chi connectivity index (χ1n) is 5.67. The van der Waals surface area contributed by atoms with Gasteiger partial charge in [-0.1, -0.05) is 6.07 Å². The molecule has 0 unspecified atom stereocenters. The predicted octanol–water partition coefficient (Wildman–Crippen LogP) is 3.00. The summed E-state index contributed by atoms with van der Waals surface area (Å²) in [7, 11) is 0. The minimum Gasteiger partial charge on any atom is -0.484 e. The number of anilines is 1. The van der Waals surface area contributed by atoms with Crippen LogP contribution in [-0.4, -0.2) is 4.98 Å². The van der Waals surface area contributed by atoms with Gasteiger partial charge in [0.15, 0.2) is 11.6 Å². The molecule has 18 heavy (non-hydrogen) atoms. The first-order valence-corrected chi connectivity index (χ1v) is 5.67. The van der Waals surface area contributed by atoms with Crippen molar-refractivity contribution in [3.8, 4) is 5.75 Å². The number of aromatic nitrogens is 1. The molecule has 0 fully saturated rings. The van der Waals surface area contributed by atoms with Crippen LogP contribution in [0.2, 0.25) is 0 Å². The monoisotopic (exact) mass is 246 g/mol. The highest BCUT2D eigenvalue weighted by molar-refractivity contribution is 5.50. The Kier molecular flexibility index (Phi) is 3.46. The van der Waals surface area contributed by atoms with Crippen LogP contribution in [0.4, 0.5) is 10.1 Å². The quantitative estimate of drug-likeness (QED) is 0.847. The molecule has 0 saturated carbocycles. The number of benzene rings is 1. The molecule has 2 aromatic rings. The summed E-state index contributed by atoms with van der Waals surface area (Å²) in [5.74, 6) is -0.251. The number of hydrogen-bond acceptors (Lipinski definition) is 3. The third-order valence-electron chi connectivity index (χ3n) is 2.80. The van der Waals surface area contributed by atoms with Gasteiger partial charge < -0.3 is 10.5 Å². The van der Waals surface area contributed by atoms with Crippen LogP contribution in [0.15, 0.2) is 30.5 Å². The van der Waals surface area contributed by atoms with E-state index in [2.05, 4.69) is 4.98 Å². The number of nitrogens with zero attached hydrogens (tertiary/aromatic N) is 1. The number of aryl methyl sites for hydroxylation is 2. The highest BCUT2D eigenvalue weighted by atomic mass is 19.1. The number of halogens is 1. The Bertz CT molecular complexity index is 570. The van der Waals surface area contributed by atoms with Crippen LogP contribution in [0.25, 0.3) is 0 Å². The molecule has 2 N–H and O–H groups in total. The van der Waals surface area contributed by atoms with Gasteiger partial charge in [0.1, 0.15) is 6.61 Å². The molecule has 0 aliphatic carbocycles. The van der Waals surface area contributed by atoms with Gasteiger partial charge in [-0.2, -0.15) is 0 Å². The van der Waals surface area contributed by atoms with Gasteiger partial charge in [0, 0.05) is 18.0 Å². The molecule has 2 rings (SSSR count). The molecular formula is C14H15FN2O. The Morgan fingerprint density at radius 1 is 1.28 bits per heavy atom. The van der Waals surface area contributed by atoms with Crippen molar-refractivity contribution in [2.45, 2.75) is 20.5 Å². The van der Waals surface area contributed by atoms with E-state index in [1.54, 1.807) is 12.3 Å². The fourth-order valence-corrected chi connectivity index (χ4v) is 1.60. The van der Waals surface area contributed by atoms with E-state index in [1.165, 1.54) is 6.07 Å². The highest BCUT2D eigenvalue weighted by Crippen LogP contribution is 2.24. The van der Waals surface area contributed by atoms with Gasteiger partial charge in [0.05, 0.1) is 5.69 Å². The van der Waals surface area contributed by atoms with Crippen LogP contribution in [0.5, 0.6) is 5.75 Å². The third kappa shape index (κ3) is 2.59. The molecule has 0 aliphatic rings. The van der Waals surface area contributed by atoms with Crippen molar-refractivity contribution in [2.75, 3.05) is 5.73 Å². The summed E-state index contributed by atoms with van der Waals surface area (Å²) in [6.45, 7) is 4.00. The van der Waals surface area contributed by atoms with Gasteiger partial charge >= 0.3 is 0 Å². The van der Waals surface area contributed by atoms with Crippen LogP contribution >= 0.6 is 0 Å². The molecule has 4 heteroatoms. The smallest absolute Gasteiger partial charge is 0.167 e. The Morgan fingerprint density at radius 2 is 2.06 bits per heavy atom. The Balaban J connectivity index is 2.16. The number of rotatable bonds is 3. The van der Waals surface area contributed by atoms with Gasteiger partial charge in [-0.3, -0.25) is 4.98 Å². The first kappa shape index (κ1) is 12.4. The van der Waals surface area contributed by atoms with Crippen molar-refractivity contribution in [1.82, 2.24) is 4.98 Å². The number of nitrogens with two attached hydrogens (primary N) is 1. The maximum atomic E-state index is 13.6. The molecule has 94 valence electrons. The second-order valence-electron chi connectivity index (χ2n) is 4.19. The summed E-state index contributed by atoms with van der Waals surface area (Å²) in [6.07, 6.45) is 1.69. The summed E-state index contributed by atoms with van der Waals surface area (Å²) in [6, 6.07) is 6.67. The highest BCUT2D eigenvalue weighted by Gasteiger charge is 2.08. The van der Waals surface area contributed by atoms with Gasteiger partial charge in [-0.25, -0.2) is 4.39 Å². The molecular weight excluding hydrogens is 231 g/mol. The van der Waals surface area contributed by atoms with Crippen LogP contribution in [0.3, 0.4) is 0 Å². The molecule has 1 aromatic heterocycles. The van der Waals surface area contributed by atoms with Gasteiger partial charge in [-0.15, -0.1) is 0 Å². The normalized spacial score (nSPS) is 10.4. The Labute approximate surface area is 105 Å². The van der Waals surface area contributed by atoms with Crippen molar-refractivity contribution >= 4 is 5.69 Å². The molecule has 0 amide bonds. The van der Waals surface area contributed by atoms with Crippen molar-refractivity contribution in [1.29, 1.82) is 0 Å². The first-order chi connectivity index (χ1) is 8.58. The van der Waals surface area contributed by atoms with Gasteiger partial charge in [-0.05, 0) is 37.1 Å². The largest absolute Gasteiger partial charge is 0.484 e. The maximum absolute atomic E-state index is 13.6. The van der Waals surface area contributed by atoms with E-state index in [4.69, 9.17) is 10.5 Å². The van der Waals surface area contributed by atoms with Crippen molar-refractivity contribution in [3.63, 3.8) is 0 Å².